The maximum Gasteiger partial charge on any atom is 0.346 e. The second-order valence-electron chi connectivity index (χ2n) is 9.90. The maximum atomic E-state index is 14.1. The molecule has 0 saturated heterocycles. The molecule has 0 radical (unpaired) electrons. The molecular formula is C26H48O7P2S. The van der Waals surface area contributed by atoms with Gasteiger partial charge in [0.25, 0.3) is 0 Å². The third-order valence-corrected chi connectivity index (χ3v) is 12.5. The molecule has 7 nitrogen and oxygen atoms in total. The van der Waals surface area contributed by atoms with Crippen molar-refractivity contribution in [2.24, 2.45) is 0 Å². The normalized spacial score (nSPS) is 13.1. The van der Waals surface area contributed by atoms with E-state index in [0.717, 1.165) is 37.2 Å². The van der Waals surface area contributed by atoms with Crippen LogP contribution in [0.1, 0.15) is 87.5 Å². The molecule has 36 heavy (non-hydrogen) atoms. The summed E-state index contributed by atoms with van der Waals surface area (Å²) in [5.41, 5.74) is 0. The maximum absolute atomic E-state index is 14.1. The Kier molecular flexibility index (Phi) is 15.5. The van der Waals surface area contributed by atoms with Crippen LogP contribution in [-0.4, -0.2) is 42.7 Å². The lowest BCUT2D eigenvalue weighted by Crippen LogP contribution is -2.23. The van der Waals surface area contributed by atoms with Gasteiger partial charge in [-0.25, -0.2) is 0 Å². The van der Waals surface area contributed by atoms with Crippen LogP contribution >= 0.6 is 27.0 Å². The first-order chi connectivity index (χ1) is 16.8. The first kappa shape index (κ1) is 33.7. The number of benzene rings is 1. The first-order valence-electron chi connectivity index (χ1n) is 13.0. The Labute approximate surface area is 223 Å². The summed E-state index contributed by atoms with van der Waals surface area (Å²) < 4.78 is 56.9. The van der Waals surface area contributed by atoms with E-state index in [-0.39, 0.29) is 24.4 Å². The lowest BCUT2D eigenvalue weighted by Gasteiger charge is -2.35. The van der Waals surface area contributed by atoms with Crippen molar-refractivity contribution in [1.82, 2.24) is 0 Å². The number of methoxy groups -OCH3 is 1. The summed E-state index contributed by atoms with van der Waals surface area (Å²) in [4.78, 5) is 1.21. The topological polar surface area (TPSA) is 80.3 Å². The minimum atomic E-state index is -3.81. The molecule has 0 atom stereocenters. The van der Waals surface area contributed by atoms with Gasteiger partial charge in [-0.3, -0.25) is 9.13 Å². The Hall–Kier alpha value is -0.330. The summed E-state index contributed by atoms with van der Waals surface area (Å²) in [6, 6.07) is 8.07. The minimum absolute atomic E-state index is 0.362. The Morgan fingerprint density at radius 2 is 1.08 bits per heavy atom. The molecule has 0 amide bonds. The molecule has 0 bridgehead atoms. The Morgan fingerprint density at radius 3 is 1.47 bits per heavy atom. The molecular weight excluding hydrogens is 518 g/mol. The zero-order valence-electron chi connectivity index (χ0n) is 23.6. The molecule has 0 N–H and O–H groups in total. The fourth-order valence-electron chi connectivity index (χ4n) is 3.64. The molecule has 0 aliphatic rings. The van der Waals surface area contributed by atoms with Crippen molar-refractivity contribution in [2.75, 3.05) is 12.9 Å². The monoisotopic (exact) mass is 566 g/mol. The summed E-state index contributed by atoms with van der Waals surface area (Å²) in [7, 11) is -5.96. The molecule has 1 aromatic carbocycles. The summed E-state index contributed by atoms with van der Waals surface area (Å²) in [6.07, 6.45) is 2.61. The van der Waals surface area contributed by atoms with Crippen molar-refractivity contribution in [2.45, 2.75) is 122 Å². The molecule has 0 aliphatic carbocycles. The van der Waals surface area contributed by atoms with E-state index in [4.69, 9.17) is 22.8 Å². The lowest BCUT2D eigenvalue weighted by molar-refractivity contribution is 0.121. The van der Waals surface area contributed by atoms with E-state index >= 15 is 0 Å². The van der Waals surface area contributed by atoms with E-state index < -0.39 is 20.6 Å². The van der Waals surface area contributed by atoms with E-state index in [2.05, 4.69) is 12.1 Å². The van der Waals surface area contributed by atoms with Gasteiger partial charge >= 0.3 is 15.2 Å². The predicted octanol–water partition coefficient (Wildman–Crippen LogP) is 9.15. The van der Waals surface area contributed by atoms with Crippen molar-refractivity contribution in [3.8, 4) is 5.75 Å². The van der Waals surface area contributed by atoms with Crippen molar-refractivity contribution in [1.29, 1.82) is 0 Å². The van der Waals surface area contributed by atoms with Gasteiger partial charge in [0.2, 0.25) is 0 Å². The Morgan fingerprint density at radius 1 is 0.667 bits per heavy atom. The highest BCUT2D eigenvalue weighted by atomic mass is 32.2. The standard InChI is InChI=1S/C26H48O7P2S/c1-20(2)30-34(27,31-21(3)4)26(35(28,32-22(5)6)33-23(7)8)14-12-10-11-13-19-36-25-17-15-24(29-9)16-18-25/h15-18,20-23,26H,10-14,19H2,1-9H3. The molecule has 0 fully saturated rings. The van der Waals surface area contributed by atoms with Crippen LogP contribution < -0.4 is 4.74 Å². The molecule has 0 spiro atoms. The van der Waals surface area contributed by atoms with Crippen molar-refractivity contribution < 1.29 is 32.0 Å². The highest BCUT2D eigenvalue weighted by molar-refractivity contribution is 7.99. The van der Waals surface area contributed by atoms with E-state index in [1.807, 2.05) is 23.9 Å². The van der Waals surface area contributed by atoms with Gasteiger partial charge in [-0.15, -0.1) is 11.8 Å². The Bertz CT molecular complexity index is 762. The van der Waals surface area contributed by atoms with E-state index in [9.17, 15) is 9.13 Å². The molecule has 1 rings (SSSR count). The molecule has 0 saturated carbocycles. The first-order valence-corrected chi connectivity index (χ1v) is 17.2. The summed E-state index contributed by atoms with van der Waals surface area (Å²) in [5.74, 6) is 1.86. The van der Waals surface area contributed by atoms with Gasteiger partial charge in [-0.05, 0) is 98.2 Å². The summed E-state index contributed by atoms with van der Waals surface area (Å²) in [5, 5.41) is -0.978. The zero-order chi connectivity index (χ0) is 27.4. The lowest BCUT2D eigenvalue weighted by atomic mass is 10.2. The molecule has 0 aromatic heterocycles. The molecule has 1 aromatic rings. The number of ether oxygens (including phenoxy) is 1. The van der Waals surface area contributed by atoms with Crippen molar-refractivity contribution in [3.05, 3.63) is 24.3 Å². The second kappa shape index (κ2) is 16.6. The number of hydrogen-bond acceptors (Lipinski definition) is 8. The number of rotatable bonds is 19. The molecule has 0 heterocycles. The van der Waals surface area contributed by atoms with Gasteiger partial charge in [0, 0.05) is 4.90 Å². The van der Waals surface area contributed by atoms with Crippen molar-refractivity contribution >= 4 is 27.0 Å². The van der Waals surface area contributed by atoms with Gasteiger partial charge in [0.1, 0.15) is 5.75 Å². The second-order valence-corrected chi connectivity index (χ2v) is 15.7. The quantitative estimate of drug-likeness (QED) is 0.0931. The Balaban J connectivity index is 2.88. The zero-order valence-corrected chi connectivity index (χ0v) is 26.2. The largest absolute Gasteiger partial charge is 0.497 e. The van der Waals surface area contributed by atoms with Gasteiger partial charge in [-0.1, -0.05) is 19.3 Å². The van der Waals surface area contributed by atoms with Crippen LogP contribution in [0.3, 0.4) is 0 Å². The average Bonchev–Trinajstić information content (AvgIpc) is 2.73. The van der Waals surface area contributed by atoms with E-state index in [1.165, 1.54) is 4.90 Å². The highest BCUT2D eigenvalue weighted by Crippen LogP contribution is 2.73. The molecule has 210 valence electrons. The highest BCUT2D eigenvalue weighted by Gasteiger charge is 2.52. The smallest absolute Gasteiger partial charge is 0.346 e. The van der Waals surface area contributed by atoms with E-state index in [0.29, 0.717) is 6.42 Å². The van der Waals surface area contributed by atoms with Gasteiger partial charge < -0.3 is 22.8 Å². The van der Waals surface area contributed by atoms with Crippen LogP contribution in [0.25, 0.3) is 0 Å². The fraction of sp³-hybridized carbons (Fsp3) is 0.769. The SMILES string of the molecule is COc1ccc(SCCCCCCC(P(=O)(OC(C)C)OC(C)C)P(=O)(OC(C)C)OC(C)C)cc1. The van der Waals surface area contributed by atoms with Crippen LogP contribution in [0, 0.1) is 0 Å². The third-order valence-electron chi connectivity index (χ3n) is 4.85. The fourth-order valence-corrected chi connectivity index (χ4v) is 10.6. The van der Waals surface area contributed by atoms with Gasteiger partial charge in [0.15, 0.2) is 5.40 Å². The van der Waals surface area contributed by atoms with Crippen LogP contribution in [-0.2, 0) is 27.2 Å². The third kappa shape index (κ3) is 12.5. The van der Waals surface area contributed by atoms with Crippen LogP contribution in [0.5, 0.6) is 5.75 Å². The molecule has 0 aliphatic heterocycles. The van der Waals surface area contributed by atoms with Crippen LogP contribution in [0.4, 0.5) is 0 Å². The van der Waals surface area contributed by atoms with Gasteiger partial charge in [0.05, 0.1) is 31.5 Å². The van der Waals surface area contributed by atoms with E-state index in [1.54, 1.807) is 62.5 Å². The summed E-state index contributed by atoms with van der Waals surface area (Å²) in [6.45, 7) is 14.4. The van der Waals surface area contributed by atoms with Crippen molar-refractivity contribution in [3.63, 3.8) is 0 Å². The van der Waals surface area contributed by atoms with Crippen LogP contribution in [0.15, 0.2) is 29.2 Å². The molecule has 10 heteroatoms. The van der Waals surface area contributed by atoms with Crippen LogP contribution in [0.2, 0.25) is 0 Å². The average molecular weight is 567 g/mol. The number of hydrogen-bond donors (Lipinski definition) is 0. The van der Waals surface area contributed by atoms with Gasteiger partial charge in [-0.2, -0.15) is 0 Å². The predicted molar refractivity (Wildman–Crippen MR) is 151 cm³/mol. The molecule has 0 unspecified atom stereocenters. The number of unbranched alkanes of at least 4 members (excludes halogenated alkanes) is 3. The number of thioether (sulfide) groups is 1. The minimum Gasteiger partial charge on any atom is -0.497 e. The summed E-state index contributed by atoms with van der Waals surface area (Å²) >= 11 is 1.82.